The summed E-state index contributed by atoms with van der Waals surface area (Å²) in [6.07, 6.45) is -3.68. The Labute approximate surface area is 110 Å². The molecule has 0 saturated carbocycles. The molecule has 2 rings (SSSR count). The summed E-state index contributed by atoms with van der Waals surface area (Å²) in [5.41, 5.74) is 1.15. The predicted molar refractivity (Wildman–Crippen MR) is 66.0 cm³/mol. The maximum atomic E-state index is 12.3. The van der Waals surface area contributed by atoms with E-state index in [1.54, 1.807) is 11.3 Å². The monoisotopic (exact) mass is 293 g/mol. The second-order valence-electron chi connectivity index (χ2n) is 3.79. The van der Waals surface area contributed by atoms with Gasteiger partial charge in [0.15, 0.2) is 0 Å². The Morgan fingerprint density at radius 2 is 2.17 bits per heavy atom. The van der Waals surface area contributed by atoms with Crippen LogP contribution < -0.4 is 5.32 Å². The van der Waals surface area contributed by atoms with Gasteiger partial charge >= 0.3 is 6.18 Å². The van der Waals surface area contributed by atoms with Crippen molar-refractivity contribution in [1.82, 2.24) is 10.2 Å². The van der Waals surface area contributed by atoms with Gasteiger partial charge in [-0.3, -0.25) is 0 Å². The van der Waals surface area contributed by atoms with Gasteiger partial charge in [0.1, 0.15) is 0 Å². The fourth-order valence-corrected chi connectivity index (χ4v) is 2.82. The third-order valence-electron chi connectivity index (χ3n) is 2.16. The molecule has 0 aromatic carbocycles. The van der Waals surface area contributed by atoms with E-state index in [1.807, 2.05) is 23.8 Å². The lowest BCUT2D eigenvalue weighted by Crippen LogP contribution is -2.17. The summed E-state index contributed by atoms with van der Waals surface area (Å²) in [7, 11) is 0. The summed E-state index contributed by atoms with van der Waals surface area (Å²) in [5, 5.41) is 12.8. The molecule has 0 saturated heterocycles. The number of thiophene rings is 1. The van der Waals surface area contributed by atoms with E-state index in [2.05, 4.69) is 15.5 Å². The number of anilines is 1. The molecule has 0 aliphatic heterocycles. The molecule has 0 aliphatic rings. The van der Waals surface area contributed by atoms with E-state index in [9.17, 15) is 13.2 Å². The van der Waals surface area contributed by atoms with Crippen molar-refractivity contribution in [2.45, 2.75) is 25.6 Å². The van der Waals surface area contributed by atoms with E-state index in [-0.39, 0.29) is 11.2 Å². The van der Waals surface area contributed by atoms with Crippen molar-refractivity contribution in [3.63, 3.8) is 0 Å². The van der Waals surface area contributed by atoms with Crippen LogP contribution in [0.25, 0.3) is 0 Å². The molecule has 0 amide bonds. The van der Waals surface area contributed by atoms with Crippen LogP contribution in [0.3, 0.4) is 0 Å². The number of nitrogens with one attached hydrogen (secondary N) is 1. The molecule has 98 valence electrons. The van der Waals surface area contributed by atoms with Gasteiger partial charge in [0.05, 0.1) is 0 Å². The SMILES string of the molecule is CC(Cc1ccsc1)Nc1nnc(C(F)(F)F)s1. The summed E-state index contributed by atoms with van der Waals surface area (Å²) in [6.45, 7) is 1.90. The van der Waals surface area contributed by atoms with Crippen molar-refractivity contribution in [3.8, 4) is 0 Å². The Kier molecular flexibility index (Phi) is 3.86. The molecule has 2 aromatic heterocycles. The van der Waals surface area contributed by atoms with Crippen molar-refractivity contribution in [1.29, 1.82) is 0 Å². The zero-order valence-corrected chi connectivity index (χ0v) is 11.0. The molecule has 0 bridgehead atoms. The van der Waals surface area contributed by atoms with Gasteiger partial charge in [0.2, 0.25) is 10.1 Å². The van der Waals surface area contributed by atoms with Crippen LogP contribution in [0.5, 0.6) is 0 Å². The van der Waals surface area contributed by atoms with E-state index in [1.165, 1.54) is 0 Å². The number of aromatic nitrogens is 2. The minimum atomic E-state index is -4.42. The number of nitrogens with zero attached hydrogens (tertiary/aromatic N) is 2. The number of hydrogen-bond acceptors (Lipinski definition) is 5. The van der Waals surface area contributed by atoms with Crippen molar-refractivity contribution in [3.05, 3.63) is 27.4 Å². The lowest BCUT2D eigenvalue weighted by Gasteiger charge is -2.10. The normalized spacial score (nSPS) is 13.6. The molecule has 0 fully saturated rings. The minimum absolute atomic E-state index is 0.00799. The third-order valence-corrected chi connectivity index (χ3v) is 3.79. The summed E-state index contributed by atoms with van der Waals surface area (Å²) in [5.74, 6) is 0. The van der Waals surface area contributed by atoms with Crippen LogP contribution >= 0.6 is 22.7 Å². The zero-order valence-electron chi connectivity index (χ0n) is 9.36. The molecule has 0 radical (unpaired) electrons. The third kappa shape index (κ3) is 3.42. The quantitative estimate of drug-likeness (QED) is 0.934. The highest BCUT2D eigenvalue weighted by molar-refractivity contribution is 7.15. The first-order valence-electron chi connectivity index (χ1n) is 5.13. The molecule has 3 nitrogen and oxygen atoms in total. The van der Waals surface area contributed by atoms with Crippen molar-refractivity contribution in [2.75, 3.05) is 5.32 Å². The number of rotatable bonds is 4. The molecule has 1 N–H and O–H groups in total. The van der Waals surface area contributed by atoms with Gasteiger partial charge in [-0.1, -0.05) is 11.3 Å². The maximum absolute atomic E-state index is 12.3. The molecule has 2 aromatic rings. The largest absolute Gasteiger partial charge is 0.445 e. The van der Waals surface area contributed by atoms with E-state index >= 15 is 0 Å². The first-order valence-corrected chi connectivity index (χ1v) is 6.89. The molecule has 18 heavy (non-hydrogen) atoms. The van der Waals surface area contributed by atoms with Gasteiger partial charge in [0, 0.05) is 6.04 Å². The van der Waals surface area contributed by atoms with Crippen molar-refractivity contribution >= 4 is 27.8 Å². The summed E-state index contributed by atoms with van der Waals surface area (Å²) < 4.78 is 37.0. The Morgan fingerprint density at radius 3 is 2.72 bits per heavy atom. The maximum Gasteiger partial charge on any atom is 0.445 e. The molecular weight excluding hydrogens is 283 g/mol. The van der Waals surface area contributed by atoms with Crippen molar-refractivity contribution in [2.24, 2.45) is 0 Å². The van der Waals surface area contributed by atoms with Gasteiger partial charge < -0.3 is 5.32 Å². The molecule has 8 heteroatoms. The first-order chi connectivity index (χ1) is 8.45. The molecule has 1 atom stereocenters. The molecule has 1 unspecified atom stereocenters. The highest BCUT2D eigenvalue weighted by atomic mass is 32.1. The Bertz CT molecular complexity index is 493. The standard InChI is InChI=1S/C10H10F3N3S2/c1-6(4-7-2-3-17-5-7)14-9-16-15-8(18-9)10(11,12)13/h2-3,5-6H,4H2,1H3,(H,14,16). The average molecular weight is 293 g/mol. The van der Waals surface area contributed by atoms with Crippen LogP contribution in [0.4, 0.5) is 18.3 Å². The lowest BCUT2D eigenvalue weighted by molar-refractivity contribution is -0.138. The van der Waals surface area contributed by atoms with E-state index in [4.69, 9.17) is 0 Å². The van der Waals surface area contributed by atoms with E-state index in [0.29, 0.717) is 11.3 Å². The number of alkyl halides is 3. The first kappa shape index (κ1) is 13.3. The highest BCUT2D eigenvalue weighted by Crippen LogP contribution is 2.33. The summed E-state index contributed by atoms with van der Waals surface area (Å²) in [4.78, 5) is 0. The number of hydrogen-bond donors (Lipinski definition) is 1. The Hall–Kier alpha value is -1.15. The van der Waals surface area contributed by atoms with Gasteiger partial charge in [-0.15, -0.1) is 10.2 Å². The van der Waals surface area contributed by atoms with Crippen LogP contribution in [0.15, 0.2) is 16.8 Å². The average Bonchev–Trinajstić information content (AvgIpc) is 2.87. The molecular formula is C10H10F3N3S2. The second-order valence-corrected chi connectivity index (χ2v) is 5.55. The predicted octanol–water partition coefficient (Wildman–Crippen LogP) is 3.66. The smallest absolute Gasteiger partial charge is 0.357 e. The van der Waals surface area contributed by atoms with E-state index < -0.39 is 11.2 Å². The Morgan fingerprint density at radius 1 is 1.39 bits per heavy atom. The highest BCUT2D eigenvalue weighted by Gasteiger charge is 2.35. The number of halogens is 3. The molecule has 0 spiro atoms. The fourth-order valence-electron chi connectivity index (χ4n) is 1.42. The topological polar surface area (TPSA) is 37.8 Å². The molecule has 2 heterocycles. The van der Waals surface area contributed by atoms with Gasteiger partial charge in [-0.25, -0.2) is 0 Å². The van der Waals surface area contributed by atoms with Crippen LogP contribution in [-0.4, -0.2) is 16.2 Å². The lowest BCUT2D eigenvalue weighted by atomic mass is 10.1. The zero-order chi connectivity index (χ0) is 13.2. The second kappa shape index (κ2) is 5.23. The van der Waals surface area contributed by atoms with Gasteiger partial charge in [0.25, 0.3) is 0 Å². The summed E-state index contributed by atoms with van der Waals surface area (Å²) in [6, 6.07) is 2.00. The van der Waals surface area contributed by atoms with E-state index in [0.717, 1.165) is 12.0 Å². The van der Waals surface area contributed by atoms with Crippen LogP contribution in [0, 0.1) is 0 Å². The van der Waals surface area contributed by atoms with Crippen LogP contribution in [0.2, 0.25) is 0 Å². The van der Waals surface area contributed by atoms with Crippen LogP contribution in [-0.2, 0) is 12.6 Å². The minimum Gasteiger partial charge on any atom is -0.357 e. The molecule has 0 aliphatic carbocycles. The Balaban J connectivity index is 1.95. The fraction of sp³-hybridized carbons (Fsp3) is 0.400. The van der Waals surface area contributed by atoms with Crippen LogP contribution in [0.1, 0.15) is 17.5 Å². The van der Waals surface area contributed by atoms with Crippen molar-refractivity contribution < 1.29 is 13.2 Å². The van der Waals surface area contributed by atoms with Gasteiger partial charge in [-0.05, 0) is 35.7 Å². The summed E-state index contributed by atoms with van der Waals surface area (Å²) >= 11 is 2.12. The van der Waals surface area contributed by atoms with Gasteiger partial charge in [-0.2, -0.15) is 24.5 Å².